The van der Waals surface area contributed by atoms with Gasteiger partial charge in [0.1, 0.15) is 0 Å². The number of nitrogens with two attached hydrogens (primary N) is 1. The molecular formula is C16H25N3O4S. The van der Waals surface area contributed by atoms with Gasteiger partial charge in [0.25, 0.3) is 0 Å². The number of hydrogen-bond acceptors (Lipinski definition) is 5. The number of nitrogens with one attached hydrogen (secondary N) is 2. The molecule has 24 heavy (non-hydrogen) atoms. The average molecular weight is 355 g/mol. The Kier molecular flexibility index (Phi) is 7.16. The highest BCUT2D eigenvalue weighted by Gasteiger charge is 2.26. The maximum absolute atomic E-state index is 12.0. The predicted molar refractivity (Wildman–Crippen MR) is 91.6 cm³/mol. The van der Waals surface area contributed by atoms with Crippen LogP contribution >= 0.6 is 0 Å². The van der Waals surface area contributed by atoms with Crippen molar-refractivity contribution in [3.05, 3.63) is 35.9 Å². The summed E-state index contributed by atoms with van der Waals surface area (Å²) in [6.45, 7) is 1.51. The second-order valence-electron chi connectivity index (χ2n) is 5.89. The molecule has 134 valence electrons. The third-order valence-corrected chi connectivity index (χ3v) is 5.41. The molecule has 0 radical (unpaired) electrons. The van der Waals surface area contributed by atoms with Crippen molar-refractivity contribution in [2.45, 2.75) is 25.4 Å². The maximum atomic E-state index is 12.0. The van der Waals surface area contributed by atoms with Gasteiger partial charge in [-0.25, -0.2) is 13.1 Å². The Labute approximate surface area is 143 Å². The van der Waals surface area contributed by atoms with Crippen LogP contribution in [0.5, 0.6) is 0 Å². The topological polar surface area (TPSA) is 111 Å². The molecule has 1 fully saturated rings. The fourth-order valence-corrected chi connectivity index (χ4v) is 3.48. The Morgan fingerprint density at radius 1 is 1.25 bits per heavy atom. The van der Waals surface area contributed by atoms with Crippen molar-refractivity contribution in [3.8, 4) is 0 Å². The first-order valence-corrected chi connectivity index (χ1v) is 9.75. The van der Waals surface area contributed by atoms with Gasteiger partial charge in [0, 0.05) is 26.3 Å². The van der Waals surface area contributed by atoms with E-state index >= 15 is 0 Å². The lowest BCUT2D eigenvalue weighted by Gasteiger charge is -2.26. The molecule has 7 nitrogen and oxygen atoms in total. The summed E-state index contributed by atoms with van der Waals surface area (Å²) in [6, 6.07) is 8.64. The standard InChI is InChI=1S/C16H25N3O4S/c17-15(14-6-9-23-10-7-14)16(20)18-8-11-24(21,22)19-12-13-4-2-1-3-5-13/h1-5,14-15,19H,6-12,17H2,(H,18,20). The van der Waals surface area contributed by atoms with Crippen molar-refractivity contribution >= 4 is 15.9 Å². The Balaban J connectivity index is 1.70. The number of ether oxygens (including phenoxy) is 1. The second kappa shape index (κ2) is 9.12. The largest absolute Gasteiger partial charge is 0.381 e. The Bertz CT molecular complexity index is 615. The Hall–Kier alpha value is -1.48. The SMILES string of the molecule is NC(C(=O)NCCS(=O)(=O)NCc1ccccc1)C1CCOCC1. The lowest BCUT2D eigenvalue weighted by Crippen LogP contribution is -2.48. The number of hydrogen-bond donors (Lipinski definition) is 3. The van der Waals surface area contributed by atoms with Crippen molar-refractivity contribution < 1.29 is 17.9 Å². The molecule has 1 aliphatic heterocycles. The fourth-order valence-electron chi connectivity index (χ4n) is 2.58. The van der Waals surface area contributed by atoms with Crippen molar-refractivity contribution in [1.29, 1.82) is 0 Å². The van der Waals surface area contributed by atoms with Crippen LogP contribution in [0.2, 0.25) is 0 Å². The van der Waals surface area contributed by atoms with Gasteiger partial charge in [-0.2, -0.15) is 0 Å². The minimum atomic E-state index is -3.45. The molecule has 8 heteroatoms. The molecule has 1 atom stereocenters. The van der Waals surface area contributed by atoms with Gasteiger partial charge in [0.2, 0.25) is 15.9 Å². The van der Waals surface area contributed by atoms with Crippen LogP contribution in [0.1, 0.15) is 18.4 Å². The van der Waals surface area contributed by atoms with Crippen LogP contribution in [0.3, 0.4) is 0 Å². The zero-order valence-corrected chi connectivity index (χ0v) is 14.4. The molecule has 1 amide bonds. The van der Waals surface area contributed by atoms with E-state index in [1.807, 2.05) is 30.3 Å². The summed E-state index contributed by atoms with van der Waals surface area (Å²) in [6.07, 6.45) is 1.51. The number of benzene rings is 1. The van der Waals surface area contributed by atoms with Gasteiger partial charge in [-0.3, -0.25) is 4.79 Å². The van der Waals surface area contributed by atoms with Crippen LogP contribution in [0.4, 0.5) is 0 Å². The highest BCUT2D eigenvalue weighted by Crippen LogP contribution is 2.17. The minimum Gasteiger partial charge on any atom is -0.381 e. The molecule has 1 saturated heterocycles. The highest BCUT2D eigenvalue weighted by molar-refractivity contribution is 7.89. The molecule has 0 bridgehead atoms. The molecule has 1 aromatic carbocycles. The normalized spacial score (nSPS) is 17.4. The minimum absolute atomic E-state index is 0.0415. The molecular weight excluding hydrogens is 330 g/mol. The van der Waals surface area contributed by atoms with Gasteiger partial charge < -0.3 is 15.8 Å². The number of rotatable bonds is 8. The van der Waals surface area contributed by atoms with E-state index in [9.17, 15) is 13.2 Å². The molecule has 0 aromatic heterocycles. The van der Waals surface area contributed by atoms with E-state index in [0.717, 1.165) is 18.4 Å². The molecule has 0 aliphatic carbocycles. The van der Waals surface area contributed by atoms with Crippen molar-refractivity contribution in [2.24, 2.45) is 11.7 Å². The molecule has 1 unspecified atom stereocenters. The summed E-state index contributed by atoms with van der Waals surface area (Å²) < 4.78 is 31.7. The number of sulfonamides is 1. The molecule has 1 aromatic rings. The number of carbonyl (C=O) groups is 1. The van der Waals surface area contributed by atoms with E-state index < -0.39 is 16.1 Å². The number of amides is 1. The van der Waals surface area contributed by atoms with Gasteiger partial charge in [-0.1, -0.05) is 30.3 Å². The van der Waals surface area contributed by atoms with Crippen LogP contribution in [-0.4, -0.2) is 45.9 Å². The molecule has 1 aliphatic rings. The predicted octanol–water partition coefficient (Wildman–Crippen LogP) is -0.0239. The van der Waals surface area contributed by atoms with Gasteiger partial charge in [0.15, 0.2) is 0 Å². The molecule has 0 saturated carbocycles. The quantitative estimate of drug-likeness (QED) is 0.607. The van der Waals surface area contributed by atoms with Gasteiger partial charge >= 0.3 is 0 Å². The number of carbonyl (C=O) groups excluding carboxylic acids is 1. The zero-order chi connectivity index (χ0) is 17.4. The molecule has 0 spiro atoms. The van der Waals surface area contributed by atoms with Crippen LogP contribution in [-0.2, 0) is 26.1 Å². The summed E-state index contributed by atoms with van der Waals surface area (Å²) in [7, 11) is -3.45. The van der Waals surface area contributed by atoms with Crippen molar-refractivity contribution in [1.82, 2.24) is 10.0 Å². The van der Waals surface area contributed by atoms with Crippen molar-refractivity contribution in [2.75, 3.05) is 25.5 Å². The van der Waals surface area contributed by atoms with Crippen molar-refractivity contribution in [3.63, 3.8) is 0 Å². The van der Waals surface area contributed by atoms with E-state index in [-0.39, 0.29) is 30.7 Å². The van der Waals surface area contributed by atoms with Crippen LogP contribution in [0.15, 0.2) is 30.3 Å². The van der Waals surface area contributed by atoms with Crippen LogP contribution in [0, 0.1) is 5.92 Å². The van der Waals surface area contributed by atoms with Crippen LogP contribution < -0.4 is 15.8 Å². The third kappa shape index (κ3) is 6.20. The second-order valence-corrected chi connectivity index (χ2v) is 7.82. The van der Waals surface area contributed by atoms with E-state index in [1.54, 1.807) is 0 Å². The van der Waals surface area contributed by atoms with E-state index in [2.05, 4.69) is 10.0 Å². The summed E-state index contributed by atoms with van der Waals surface area (Å²) in [5, 5.41) is 2.61. The molecule has 4 N–H and O–H groups in total. The van der Waals surface area contributed by atoms with E-state index in [1.165, 1.54) is 0 Å². The summed E-state index contributed by atoms with van der Waals surface area (Å²) in [5.41, 5.74) is 6.82. The summed E-state index contributed by atoms with van der Waals surface area (Å²) >= 11 is 0. The smallest absolute Gasteiger partial charge is 0.237 e. The third-order valence-electron chi connectivity index (χ3n) is 4.09. The Morgan fingerprint density at radius 2 is 1.92 bits per heavy atom. The first-order chi connectivity index (χ1) is 11.5. The first-order valence-electron chi connectivity index (χ1n) is 8.10. The lowest BCUT2D eigenvalue weighted by atomic mass is 9.92. The van der Waals surface area contributed by atoms with Gasteiger partial charge in [0.05, 0.1) is 11.8 Å². The van der Waals surface area contributed by atoms with Crippen LogP contribution in [0.25, 0.3) is 0 Å². The molecule has 1 heterocycles. The highest BCUT2D eigenvalue weighted by atomic mass is 32.2. The Morgan fingerprint density at radius 3 is 2.58 bits per heavy atom. The summed E-state index contributed by atoms with van der Waals surface area (Å²) in [4.78, 5) is 12.0. The average Bonchev–Trinajstić information content (AvgIpc) is 2.61. The van der Waals surface area contributed by atoms with Gasteiger partial charge in [-0.15, -0.1) is 0 Å². The van der Waals surface area contributed by atoms with E-state index in [4.69, 9.17) is 10.5 Å². The summed E-state index contributed by atoms with van der Waals surface area (Å²) in [5.74, 6) is -0.391. The first kappa shape index (κ1) is 18.9. The fraction of sp³-hybridized carbons (Fsp3) is 0.562. The maximum Gasteiger partial charge on any atom is 0.237 e. The van der Waals surface area contributed by atoms with E-state index in [0.29, 0.717) is 13.2 Å². The lowest BCUT2D eigenvalue weighted by molar-refractivity contribution is -0.124. The molecule has 2 rings (SSSR count). The monoisotopic (exact) mass is 355 g/mol. The zero-order valence-electron chi connectivity index (χ0n) is 13.6. The van der Waals surface area contributed by atoms with Gasteiger partial charge in [-0.05, 0) is 24.3 Å².